The first kappa shape index (κ1) is 30.9. The van der Waals surface area contributed by atoms with Crippen LogP contribution < -0.4 is 20.3 Å². The molecule has 42 heavy (non-hydrogen) atoms. The van der Waals surface area contributed by atoms with Gasteiger partial charge in [-0.15, -0.1) is 0 Å². The van der Waals surface area contributed by atoms with E-state index in [2.05, 4.69) is 30.2 Å². The largest absolute Gasteiger partial charge is 0.459 e. The molecule has 1 amide bonds. The summed E-state index contributed by atoms with van der Waals surface area (Å²) in [6, 6.07) is 15.4. The Morgan fingerprint density at radius 3 is 2.38 bits per heavy atom. The normalized spacial score (nSPS) is 16.4. The van der Waals surface area contributed by atoms with Crippen molar-refractivity contribution in [3.05, 3.63) is 78.6 Å². The quantitative estimate of drug-likeness (QED) is 0.285. The van der Waals surface area contributed by atoms with E-state index in [4.69, 9.17) is 4.74 Å². The average Bonchev–Trinajstić information content (AvgIpc) is 2.98. The molecule has 11 nitrogen and oxygen atoms in total. The Morgan fingerprint density at radius 1 is 1.02 bits per heavy atom. The van der Waals surface area contributed by atoms with Crippen LogP contribution in [-0.2, 0) is 19.6 Å². The maximum atomic E-state index is 13.0. The molecule has 0 bridgehead atoms. The number of amides is 1. The molecule has 4 rings (SSSR count). The van der Waals surface area contributed by atoms with Crippen LogP contribution in [0.15, 0.2) is 78.0 Å². The van der Waals surface area contributed by atoms with Crippen molar-refractivity contribution in [2.24, 2.45) is 5.92 Å². The fourth-order valence-electron chi connectivity index (χ4n) is 4.61. The third-order valence-electron chi connectivity index (χ3n) is 6.64. The van der Waals surface area contributed by atoms with Crippen LogP contribution in [0, 0.1) is 5.92 Å². The Bertz CT molecular complexity index is 1430. The number of aromatic nitrogens is 2. The van der Waals surface area contributed by atoms with E-state index in [0.29, 0.717) is 17.4 Å². The SMILES string of the molecule is CC(C)(C)OC(=O)C(CNC(=O)c1ccc(N2CCCC(CNc3ncccn3)C2)cc1)NS(=O)(=O)c1ccccc1. The molecule has 0 saturated carbocycles. The third kappa shape index (κ3) is 8.98. The Hall–Kier alpha value is -4.03. The van der Waals surface area contributed by atoms with E-state index in [0.717, 1.165) is 38.2 Å². The van der Waals surface area contributed by atoms with Crippen molar-refractivity contribution in [1.82, 2.24) is 20.0 Å². The summed E-state index contributed by atoms with van der Waals surface area (Å²) in [6.07, 6.45) is 5.57. The zero-order valence-electron chi connectivity index (χ0n) is 24.1. The minimum absolute atomic E-state index is 0.00426. The van der Waals surface area contributed by atoms with Crippen molar-refractivity contribution in [3.63, 3.8) is 0 Å². The van der Waals surface area contributed by atoms with Gasteiger partial charge in [0, 0.05) is 49.8 Å². The molecule has 1 aliphatic rings. The zero-order chi connectivity index (χ0) is 30.2. The van der Waals surface area contributed by atoms with Gasteiger partial charge in [0.2, 0.25) is 16.0 Å². The second-order valence-corrected chi connectivity index (χ2v) is 12.9. The molecule has 0 spiro atoms. The van der Waals surface area contributed by atoms with Gasteiger partial charge in [-0.05, 0) is 82.0 Å². The number of hydrogen-bond acceptors (Lipinski definition) is 9. The number of hydrogen-bond donors (Lipinski definition) is 3. The topological polar surface area (TPSA) is 143 Å². The molecule has 3 aromatic rings. The number of carbonyl (C=O) groups is 2. The highest BCUT2D eigenvalue weighted by Crippen LogP contribution is 2.24. The number of sulfonamides is 1. The number of piperidine rings is 1. The van der Waals surface area contributed by atoms with Crippen LogP contribution in [-0.4, -0.2) is 68.1 Å². The standard InChI is InChI=1S/C30H38N6O5S/c1-30(2,3)41-28(38)26(35-42(39,40)25-10-5-4-6-11-25)20-33-27(37)23-12-14-24(15-13-23)36-18-7-9-22(21-36)19-34-29-31-16-8-17-32-29/h4-6,8,10-17,22,26,35H,7,9,18-21H2,1-3H3,(H,33,37)(H,31,32,34). The van der Waals surface area contributed by atoms with Gasteiger partial charge in [-0.25, -0.2) is 18.4 Å². The molecule has 1 aliphatic heterocycles. The third-order valence-corrected chi connectivity index (χ3v) is 8.12. The highest BCUT2D eigenvalue weighted by atomic mass is 32.2. The number of anilines is 2. The summed E-state index contributed by atoms with van der Waals surface area (Å²) in [5.74, 6) is -0.176. The maximum Gasteiger partial charge on any atom is 0.326 e. The van der Waals surface area contributed by atoms with Gasteiger partial charge < -0.3 is 20.3 Å². The van der Waals surface area contributed by atoms with Crippen LogP contribution in [0.3, 0.4) is 0 Å². The highest BCUT2D eigenvalue weighted by molar-refractivity contribution is 7.89. The van der Waals surface area contributed by atoms with Gasteiger partial charge in [-0.1, -0.05) is 18.2 Å². The Morgan fingerprint density at radius 2 is 1.71 bits per heavy atom. The lowest BCUT2D eigenvalue weighted by Crippen LogP contribution is -2.50. The molecule has 0 radical (unpaired) electrons. The number of esters is 1. The van der Waals surface area contributed by atoms with Crippen LogP contribution in [0.5, 0.6) is 0 Å². The monoisotopic (exact) mass is 594 g/mol. The van der Waals surface area contributed by atoms with Gasteiger partial charge >= 0.3 is 5.97 Å². The summed E-state index contributed by atoms with van der Waals surface area (Å²) in [5, 5.41) is 5.98. The minimum Gasteiger partial charge on any atom is -0.459 e. The van der Waals surface area contributed by atoms with Crippen LogP contribution in [0.1, 0.15) is 44.0 Å². The number of nitrogens with zero attached hydrogens (tertiary/aromatic N) is 3. The van der Waals surface area contributed by atoms with E-state index in [1.807, 2.05) is 12.1 Å². The van der Waals surface area contributed by atoms with Crippen molar-refractivity contribution < 1.29 is 22.7 Å². The summed E-state index contributed by atoms with van der Waals surface area (Å²) < 4.78 is 33.6. The molecule has 224 valence electrons. The first-order chi connectivity index (χ1) is 20.0. The van der Waals surface area contributed by atoms with Gasteiger partial charge in [0.1, 0.15) is 11.6 Å². The Labute approximate surface area is 247 Å². The summed E-state index contributed by atoms with van der Waals surface area (Å²) in [6.45, 7) is 7.33. The first-order valence-corrected chi connectivity index (χ1v) is 15.4. The van der Waals surface area contributed by atoms with Gasteiger partial charge in [0.15, 0.2) is 0 Å². The fraction of sp³-hybridized carbons (Fsp3) is 0.400. The van der Waals surface area contributed by atoms with Crippen LogP contribution >= 0.6 is 0 Å². The van der Waals surface area contributed by atoms with E-state index in [1.165, 1.54) is 12.1 Å². The van der Waals surface area contributed by atoms with Crippen molar-refractivity contribution >= 4 is 33.5 Å². The van der Waals surface area contributed by atoms with E-state index >= 15 is 0 Å². The summed E-state index contributed by atoms with van der Waals surface area (Å²) in [4.78, 5) is 36.6. The Kier molecular flexibility index (Phi) is 10.1. The molecule has 1 saturated heterocycles. The van der Waals surface area contributed by atoms with Gasteiger partial charge in [0.05, 0.1) is 4.90 Å². The molecule has 1 fully saturated rings. The first-order valence-electron chi connectivity index (χ1n) is 13.9. The molecule has 0 aliphatic carbocycles. The van der Waals surface area contributed by atoms with Gasteiger partial charge in [0.25, 0.3) is 5.91 Å². The lowest BCUT2D eigenvalue weighted by molar-refractivity contribution is -0.156. The highest BCUT2D eigenvalue weighted by Gasteiger charge is 2.30. The molecule has 2 heterocycles. The number of ether oxygens (including phenoxy) is 1. The second-order valence-electron chi connectivity index (χ2n) is 11.2. The van der Waals surface area contributed by atoms with Crippen molar-refractivity contribution in [1.29, 1.82) is 0 Å². The Balaban J connectivity index is 1.36. The molecular formula is C30H38N6O5S. The van der Waals surface area contributed by atoms with E-state index < -0.39 is 33.5 Å². The number of rotatable bonds is 11. The average molecular weight is 595 g/mol. The van der Waals surface area contributed by atoms with Crippen molar-refractivity contribution in [2.45, 2.75) is 50.2 Å². The molecule has 2 aromatic carbocycles. The lowest BCUT2D eigenvalue weighted by Gasteiger charge is -2.34. The lowest BCUT2D eigenvalue weighted by atomic mass is 9.97. The van der Waals surface area contributed by atoms with Crippen LogP contribution in [0.2, 0.25) is 0 Å². The maximum absolute atomic E-state index is 13.0. The van der Waals surface area contributed by atoms with Crippen LogP contribution in [0.25, 0.3) is 0 Å². The van der Waals surface area contributed by atoms with Crippen LogP contribution in [0.4, 0.5) is 11.6 Å². The van der Waals surface area contributed by atoms with Gasteiger partial charge in [-0.3, -0.25) is 9.59 Å². The number of carbonyl (C=O) groups excluding carboxylic acids is 2. The van der Waals surface area contributed by atoms with E-state index in [9.17, 15) is 18.0 Å². The predicted molar refractivity (Wildman–Crippen MR) is 161 cm³/mol. The summed E-state index contributed by atoms with van der Waals surface area (Å²) in [7, 11) is -4.03. The van der Waals surface area contributed by atoms with Crippen molar-refractivity contribution in [2.75, 3.05) is 36.4 Å². The number of benzene rings is 2. The fourth-order valence-corrected chi connectivity index (χ4v) is 5.82. The molecule has 2 unspecified atom stereocenters. The molecule has 12 heteroatoms. The smallest absolute Gasteiger partial charge is 0.326 e. The molecule has 1 aromatic heterocycles. The van der Waals surface area contributed by atoms with E-state index in [-0.39, 0.29) is 11.4 Å². The minimum atomic E-state index is -4.03. The molecule has 2 atom stereocenters. The summed E-state index contributed by atoms with van der Waals surface area (Å²) in [5.41, 5.74) is 0.560. The van der Waals surface area contributed by atoms with Gasteiger partial charge in [-0.2, -0.15) is 4.72 Å². The molecule has 3 N–H and O–H groups in total. The second kappa shape index (κ2) is 13.8. The zero-order valence-corrected chi connectivity index (χ0v) is 24.9. The number of nitrogens with one attached hydrogen (secondary N) is 3. The van der Waals surface area contributed by atoms with E-state index in [1.54, 1.807) is 69.6 Å². The molecular weight excluding hydrogens is 556 g/mol. The predicted octanol–water partition coefficient (Wildman–Crippen LogP) is 3.22. The summed E-state index contributed by atoms with van der Waals surface area (Å²) >= 11 is 0. The van der Waals surface area contributed by atoms with Crippen molar-refractivity contribution in [3.8, 4) is 0 Å².